The Morgan fingerprint density at radius 1 is 1.36 bits per heavy atom. The number of hydrogen-bond donors (Lipinski definition) is 1. The van der Waals surface area contributed by atoms with Gasteiger partial charge >= 0.3 is 0 Å². The lowest BCUT2D eigenvalue weighted by molar-refractivity contribution is 0.0630. The maximum Gasteiger partial charge on any atom is 0.0547 e. The molecule has 0 aromatic carbocycles. The molecule has 0 amide bonds. The molecule has 0 unspecified atom stereocenters. The van der Waals surface area contributed by atoms with Gasteiger partial charge in [-0.15, -0.1) is 0 Å². The van der Waals surface area contributed by atoms with Crippen LogP contribution in [0.25, 0.3) is 0 Å². The van der Waals surface area contributed by atoms with Crippen molar-refractivity contribution in [1.29, 1.82) is 0 Å². The van der Waals surface area contributed by atoms with Crippen LogP contribution in [0.1, 0.15) is 31.7 Å². The monoisotopic (exact) mass is 303 g/mol. The van der Waals surface area contributed by atoms with Crippen LogP contribution in [0.5, 0.6) is 0 Å². The van der Waals surface area contributed by atoms with Crippen molar-refractivity contribution in [2.45, 2.75) is 39.8 Å². The second-order valence-electron chi connectivity index (χ2n) is 6.45. The molecule has 1 atom stereocenters. The van der Waals surface area contributed by atoms with Crippen LogP contribution < -0.4 is 0 Å². The van der Waals surface area contributed by atoms with Crippen molar-refractivity contribution in [1.82, 2.24) is 14.8 Å². The van der Waals surface area contributed by atoms with Crippen LogP contribution in [0.15, 0.2) is 29.8 Å². The standard InChI is InChI=1S/C18H29N3O/c1-15(2)7-9-21-11-10-20(14-18(21)8-12-22)13-17-6-4-5-16(3)19-17/h4-7,18,22H,8-14H2,1-3H3/t18-/m0/s1. The van der Waals surface area contributed by atoms with E-state index in [2.05, 4.69) is 46.8 Å². The van der Waals surface area contributed by atoms with E-state index in [1.807, 2.05) is 13.0 Å². The van der Waals surface area contributed by atoms with Gasteiger partial charge in [-0.2, -0.15) is 0 Å². The first-order valence-electron chi connectivity index (χ1n) is 8.21. The summed E-state index contributed by atoms with van der Waals surface area (Å²) in [7, 11) is 0. The van der Waals surface area contributed by atoms with Crippen LogP contribution in [0.2, 0.25) is 0 Å². The Kier molecular flexibility index (Phi) is 6.55. The van der Waals surface area contributed by atoms with Crippen molar-refractivity contribution < 1.29 is 5.11 Å². The predicted octanol–water partition coefficient (Wildman–Crippen LogP) is 2.22. The quantitative estimate of drug-likeness (QED) is 0.818. The molecule has 2 rings (SSSR count). The molecule has 1 aliphatic heterocycles. The average Bonchev–Trinajstić information content (AvgIpc) is 2.46. The molecule has 122 valence electrons. The zero-order valence-electron chi connectivity index (χ0n) is 14.1. The van der Waals surface area contributed by atoms with Gasteiger partial charge in [-0.1, -0.05) is 17.7 Å². The first-order chi connectivity index (χ1) is 10.6. The molecule has 1 N–H and O–H groups in total. The Labute approximate surface area is 134 Å². The fourth-order valence-electron chi connectivity index (χ4n) is 2.98. The van der Waals surface area contributed by atoms with Gasteiger partial charge in [-0.05, 0) is 39.3 Å². The molecule has 1 aromatic rings. The van der Waals surface area contributed by atoms with E-state index in [1.54, 1.807) is 0 Å². The van der Waals surface area contributed by atoms with Gasteiger partial charge in [0.25, 0.3) is 0 Å². The highest BCUT2D eigenvalue weighted by Gasteiger charge is 2.25. The van der Waals surface area contributed by atoms with Crippen molar-refractivity contribution >= 4 is 0 Å². The van der Waals surface area contributed by atoms with Crippen LogP contribution >= 0.6 is 0 Å². The van der Waals surface area contributed by atoms with Crippen LogP contribution in [0.3, 0.4) is 0 Å². The number of aryl methyl sites for hydroxylation is 1. The number of pyridine rings is 1. The summed E-state index contributed by atoms with van der Waals surface area (Å²) >= 11 is 0. The molecule has 0 radical (unpaired) electrons. The maximum atomic E-state index is 9.35. The third-order valence-electron chi connectivity index (χ3n) is 4.22. The molecule has 1 saturated heterocycles. The minimum absolute atomic E-state index is 0.256. The SMILES string of the molecule is CC(C)=CCN1CCN(Cc2cccc(C)n2)C[C@@H]1CCO. The molecular formula is C18H29N3O. The minimum atomic E-state index is 0.256. The lowest BCUT2D eigenvalue weighted by atomic mass is 10.1. The van der Waals surface area contributed by atoms with Gasteiger partial charge in [-0.25, -0.2) is 0 Å². The van der Waals surface area contributed by atoms with Crippen molar-refractivity contribution in [3.63, 3.8) is 0 Å². The summed E-state index contributed by atoms with van der Waals surface area (Å²) in [5.41, 5.74) is 3.57. The molecule has 0 aliphatic carbocycles. The smallest absolute Gasteiger partial charge is 0.0547 e. The number of aliphatic hydroxyl groups excluding tert-OH is 1. The molecule has 0 saturated carbocycles. The third-order valence-corrected chi connectivity index (χ3v) is 4.22. The van der Waals surface area contributed by atoms with E-state index in [4.69, 9.17) is 0 Å². The number of nitrogens with zero attached hydrogens (tertiary/aromatic N) is 3. The van der Waals surface area contributed by atoms with Crippen LogP contribution in [0.4, 0.5) is 0 Å². The Hall–Kier alpha value is -1.23. The molecule has 1 aliphatic rings. The topological polar surface area (TPSA) is 39.6 Å². The number of rotatable bonds is 6. The van der Waals surface area contributed by atoms with E-state index < -0.39 is 0 Å². The zero-order valence-corrected chi connectivity index (χ0v) is 14.1. The lowest BCUT2D eigenvalue weighted by Gasteiger charge is -2.41. The highest BCUT2D eigenvalue weighted by molar-refractivity contribution is 5.10. The summed E-state index contributed by atoms with van der Waals surface area (Å²) in [4.78, 5) is 9.55. The Morgan fingerprint density at radius 3 is 2.86 bits per heavy atom. The molecule has 2 heterocycles. The van der Waals surface area contributed by atoms with Crippen LogP contribution in [-0.4, -0.2) is 58.7 Å². The average molecular weight is 303 g/mol. The summed E-state index contributed by atoms with van der Waals surface area (Å²) in [5.74, 6) is 0. The van der Waals surface area contributed by atoms with Gasteiger partial charge in [0.05, 0.1) is 5.69 Å². The molecule has 4 heteroatoms. The molecule has 0 spiro atoms. The predicted molar refractivity (Wildman–Crippen MR) is 90.7 cm³/mol. The van der Waals surface area contributed by atoms with E-state index in [1.165, 1.54) is 5.57 Å². The van der Waals surface area contributed by atoms with Crippen molar-refractivity contribution in [2.75, 3.05) is 32.8 Å². The Morgan fingerprint density at radius 2 is 2.18 bits per heavy atom. The fourth-order valence-corrected chi connectivity index (χ4v) is 2.98. The van der Waals surface area contributed by atoms with Gasteiger partial charge < -0.3 is 5.11 Å². The minimum Gasteiger partial charge on any atom is -0.396 e. The summed E-state index contributed by atoms with van der Waals surface area (Å²) in [5, 5.41) is 9.35. The molecule has 22 heavy (non-hydrogen) atoms. The number of aliphatic hydroxyl groups is 1. The lowest BCUT2D eigenvalue weighted by Crippen LogP contribution is -2.53. The fraction of sp³-hybridized carbons (Fsp3) is 0.611. The Bertz CT molecular complexity index is 497. The van der Waals surface area contributed by atoms with Crippen LogP contribution in [0, 0.1) is 6.92 Å². The molecular weight excluding hydrogens is 274 g/mol. The molecule has 1 fully saturated rings. The second-order valence-corrected chi connectivity index (χ2v) is 6.45. The van der Waals surface area contributed by atoms with Gasteiger partial charge in [0.15, 0.2) is 0 Å². The van der Waals surface area contributed by atoms with Crippen molar-refractivity contribution in [2.24, 2.45) is 0 Å². The van der Waals surface area contributed by atoms with E-state index in [0.717, 1.165) is 50.5 Å². The number of allylic oxidation sites excluding steroid dienone is 1. The summed E-state index contributed by atoms with van der Waals surface area (Å²) < 4.78 is 0. The first kappa shape index (κ1) is 17.1. The Balaban J connectivity index is 1.95. The third kappa shape index (κ3) is 5.20. The molecule has 1 aromatic heterocycles. The summed E-state index contributed by atoms with van der Waals surface area (Å²) in [6.45, 7) is 11.6. The van der Waals surface area contributed by atoms with E-state index in [-0.39, 0.29) is 6.61 Å². The maximum absolute atomic E-state index is 9.35. The molecule has 0 bridgehead atoms. The number of aromatic nitrogens is 1. The van der Waals surface area contributed by atoms with Gasteiger partial charge in [0.1, 0.15) is 0 Å². The summed E-state index contributed by atoms with van der Waals surface area (Å²) in [6, 6.07) is 6.65. The van der Waals surface area contributed by atoms with Crippen LogP contribution in [-0.2, 0) is 6.54 Å². The number of hydrogen-bond acceptors (Lipinski definition) is 4. The largest absolute Gasteiger partial charge is 0.396 e. The van der Waals surface area contributed by atoms with E-state index >= 15 is 0 Å². The van der Waals surface area contributed by atoms with Gasteiger partial charge in [-0.3, -0.25) is 14.8 Å². The highest BCUT2D eigenvalue weighted by atomic mass is 16.3. The highest BCUT2D eigenvalue weighted by Crippen LogP contribution is 2.15. The van der Waals surface area contributed by atoms with E-state index in [9.17, 15) is 5.11 Å². The summed E-state index contributed by atoms with van der Waals surface area (Å²) in [6.07, 6.45) is 3.12. The second kappa shape index (κ2) is 8.42. The normalized spacial score (nSPS) is 20.1. The van der Waals surface area contributed by atoms with Crippen molar-refractivity contribution in [3.8, 4) is 0 Å². The zero-order chi connectivity index (χ0) is 15.9. The first-order valence-corrected chi connectivity index (χ1v) is 8.21. The molecule has 4 nitrogen and oxygen atoms in total. The van der Waals surface area contributed by atoms with Gasteiger partial charge in [0, 0.05) is 51.1 Å². The van der Waals surface area contributed by atoms with Crippen molar-refractivity contribution in [3.05, 3.63) is 41.2 Å². The number of piperazine rings is 1. The van der Waals surface area contributed by atoms with E-state index in [0.29, 0.717) is 6.04 Å². The van der Waals surface area contributed by atoms with Gasteiger partial charge in [0.2, 0.25) is 0 Å².